The molecule has 2 heterocycles. The molecule has 0 saturated heterocycles. The van der Waals surface area contributed by atoms with Gasteiger partial charge in [-0.3, -0.25) is 4.40 Å². The van der Waals surface area contributed by atoms with Gasteiger partial charge in [0.15, 0.2) is 5.65 Å². The van der Waals surface area contributed by atoms with E-state index in [2.05, 4.69) is 10.2 Å². The smallest absolute Gasteiger partial charge is 0.337 e. The Morgan fingerprint density at radius 2 is 2.23 bits per heavy atom. The number of carboxylic acid groups (broad SMARTS) is 1. The van der Waals surface area contributed by atoms with Gasteiger partial charge in [-0.05, 0) is 19.1 Å². The van der Waals surface area contributed by atoms with Crippen molar-refractivity contribution in [3.63, 3.8) is 0 Å². The summed E-state index contributed by atoms with van der Waals surface area (Å²) in [7, 11) is 0. The van der Waals surface area contributed by atoms with E-state index in [1.54, 1.807) is 17.4 Å². The third-order valence-electron chi connectivity index (χ3n) is 1.82. The Morgan fingerprint density at radius 3 is 2.92 bits per heavy atom. The number of hydrogen-bond donors (Lipinski definition) is 1. The van der Waals surface area contributed by atoms with Crippen LogP contribution in [-0.4, -0.2) is 25.7 Å². The van der Waals surface area contributed by atoms with Crippen molar-refractivity contribution < 1.29 is 9.90 Å². The van der Waals surface area contributed by atoms with Gasteiger partial charge in [0.2, 0.25) is 0 Å². The number of nitrogens with zero attached hydrogens (tertiary/aromatic N) is 3. The SMILES string of the molecule is Cc1nnc2ccc(C(=O)O)cn12. The van der Waals surface area contributed by atoms with Gasteiger partial charge in [-0.1, -0.05) is 0 Å². The number of fused-ring (bicyclic) bond motifs is 1. The summed E-state index contributed by atoms with van der Waals surface area (Å²) in [6.07, 6.45) is 1.51. The molecule has 0 aliphatic heterocycles. The molecule has 0 saturated carbocycles. The topological polar surface area (TPSA) is 67.5 Å². The van der Waals surface area contributed by atoms with E-state index in [-0.39, 0.29) is 5.56 Å². The molecule has 0 amide bonds. The highest BCUT2D eigenvalue weighted by Crippen LogP contribution is 2.05. The summed E-state index contributed by atoms with van der Waals surface area (Å²) >= 11 is 0. The number of aromatic nitrogens is 3. The highest BCUT2D eigenvalue weighted by Gasteiger charge is 2.05. The quantitative estimate of drug-likeness (QED) is 0.697. The van der Waals surface area contributed by atoms with Crippen LogP contribution in [0.2, 0.25) is 0 Å². The molecule has 0 aromatic carbocycles. The molecule has 0 bridgehead atoms. The zero-order valence-corrected chi connectivity index (χ0v) is 6.93. The van der Waals surface area contributed by atoms with Gasteiger partial charge in [-0.2, -0.15) is 0 Å². The molecule has 0 spiro atoms. The average Bonchev–Trinajstić information content (AvgIpc) is 2.47. The number of aromatic carboxylic acids is 1. The summed E-state index contributed by atoms with van der Waals surface area (Å²) in [6.45, 7) is 1.77. The predicted octanol–water partition coefficient (Wildman–Crippen LogP) is 0.736. The maximum absolute atomic E-state index is 10.6. The number of rotatable bonds is 1. The first kappa shape index (κ1) is 7.72. The Kier molecular flexibility index (Phi) is 1.51. The van der Waals surface area contributed by atoms with Gasteiger partial charge in [-0.25, -0.2) is 4.79 Å². The number of pyridine rings is 1. The first-order chi connectivity index (χ1) is 6.18. The molecular formula is C8H7N3O2. The van der Waals surface area contributed by atoms with Crippen LogP contribution in [0, 0.1) is 6.92 Å². The summed E-state index contributed by atoms with van der Waals surface area (Å²) in [5, 5.41) is 16.4. The van der Waals surface area contributed by atoms with E-state index >= 15 is 0 Å². The minimum atomic E-state index is -0.949. The van der Waals surface area contributed by atoms with Gasteiger partial charge in [0, 0.05) is 6.20 Å². The van der Waals surface area contributed by atoms with E-state index in [4.69, 9.17) is 5.11 Å². The monoisotopic (exact) mass is 177 g/mol. The lowest BCUT2D eigenvalue weighted by Gasteiger charge is -1.96. The Morgan fingerprint density at radius 1 is 1.46 bits per heavy atom. The predicted molar refractivity (Wildman–Crippen MR) is 44.7 cm³/mol. The van der Waals surface area contributed by atoms with Crippen molar-refractivity contribution in [2.45, 2.75) is 6.92 Å². The van der Waals surface area contributed by atoms with Crippen LogP contribution in [0.15, 0.2) is 18.3 Å². The van der Waals surface area contributed by atoms with Crippen LogP contribution in [-0.2, 0) is 0 Å². The lowest BCUT2D eigenvalue weighted by molar-refractivity contribution is 0.0696. The molecule has 13 heavy (non-hydrogen) atoms. The molecular weight excluding hydrogens is 170 g/mol. The van der Waals surface area contributed by atoms with Gasteiger partial charge in [0.25, 0.3) is 0 Å². The van der Waals surface area contributed by atoms with Crippen LogP contribution in [0.1, 0.15) is 16.2 Å². The normalized spacial score (nSPS) is 10.5. The maximum atomic E-state index is 10.6. The highest BCUT2D eigenvalue weighted by atomic mass is 16.4. The lowest BCUT2D eigenvalue weighted by atomic mass is 10.3. The molecule has 5 nitrogen and oxygen atoms in total. The van der Waals surface area contributed by atoms with Gasteiger partial charge < -0.3 is 5.11 Å². The molecule has 66 valence electrons. The number of carboxylic acids is 1. The van der Waals surface area contributed by atoms with Crippen LogP contribution in [0.25, 0.3) is 5.65 Å². The Bertz CT molecular complexity index is 475. The molecule has 5 heteroatoms. The fourth-order valence-corrected chi connectivity index (χ4v) is 1.13. The Labute approximate surface area is 73.6 Å². The Hall–Kier alpha value is -1.91. The summed E-state index contributed by atoms with van der Waals surface area (Å²) in [4.78, 5) is 10.6. The van der Waals surface area contributed by atoms with E-state index in [0.29, 0.717) is 11.5 Å². The van der Waals surface area contributed by atoms with Crippen LogP contribution < -0.4 is 0 Å². The van der Waals surface area contributed by atoms with Crippen LogP contribution in [0.5, 0.6) is 0 Å². The van der Waals surface area contributed by atoms with Gasteiger partial charge in [-0.15, -0.1) is 10.2 Å². The minimum Gasteiger partial charge on any atom is -0.478 e. The zero-order valence-electron chi connectivity index (χ0n) is 6.93. The van der Waals surface area contributed by atoms with Crippen molar-refractivity contribution >= 4 is 11.6 Å². The van der Waals surface area contributed by atoms with Crippen molar-refractivity contribution in [2.24, 2.45) is 0 Å². The summed E-state index contributed by atoms with van der Waals surface area (Å²) < 4.78 is 1.64. The number of aryl methyl sites for hydroxylation is 1. The van der Waals surface area contributed by atoms with Gasteiger partial charge >= 0.3 is 5.97 Å². The van der Waals surface area contributed by atoms with Crippen molar-refractivity contribution in [1.82, 2.24) is 14.6 Å². The molecule has 2 aromatic rings. The Balaban J connectivity index is 2.72. The molecule has 0 radical (unpaired) electrons. The lowest BCUT2D eigenvalue weighted by Crippen LogP contribution is -1.99. The average molecular weight is 177 g/mol. The van der Waals surface area contributed by atoms with Crippen molar-refractivity contribution in [1.29, 1.82) is 0 Å². The molecule has 2 aromatic heterocycles. The molecule has 2 rings (SSSR count). The largest absolute Gasteiger partial charge is 0.478 e. The summed E-state index contributed by atoms with van der Waals surface area (Å²) in [6, 6.07) is 3.13. The standard InChI is InChI=1S/C8H7N3O2/c1-5-9-10-7-3-2-6(8(12)13)4-11(5)7/h2-4H,1H3,(H,12,13). The van der Waals surface area contributed by atoms with Crippen LogP contribution in [0.3, 0.4) is 0 Å². The van der Waals surface area contributed by atoms with E-state index in [9.17, 15) is 4.79 Å². The molecule has 0 unspecified atom stereocenters. The van der Waals surface area contributed by atoms with Gasteiger partial charge in [0.05, 0.1) is 5.56 Å². The van der Waals surface area contributed by atoms with E-state index in [1.807, 2.05) is 0 Å². The van der Waals surface area contributed by atoms with E-state index in [1.165, 1.54) is 12.3 Å². The van der Waals surface area contributed by atoms with Crippen LogP contribution >= 0.6 is 0 Å². The van der Waals surface area contributed by atoms with Crippen molar-refractivity contribution in [3.05, 3.63) is 29.7 Å². The number of hydrogen-bond acceptors (Lipinski definition) is 3. The van der Waals surface area contributed by atoms with Gasteiger partial charge in [0.1, 0.15) is 5.82 Å². The highest BCUT2D eigenvalue weighted by molar-refractivity contribution is 5.87. The van der Waals surface area contributed by atoms with E-state index < -0.39 is 5.97 Å². The minimum absolute atomic E-state index is 0.232. The fourth-order valence-electron chi connectivity index (χ4n) is 1.13. The molecule has 0 aliphatic carbocycles. The molecule has 0 atom stereocenters. The second-order valence-electron chi connectivity index (χ2n) is 2.70. The molecule has 0 aliphatic rings. The molecule has 1 N–H and O–H groups in total. The van der Waals surface area contributed by atoms with Crippen molar-refractivity contribution in [3.8, 4) is 0 Å². The van der Waals surface area contributed by atoms with Crippen molar-refractivity contribution in [2.75, 3.05) is 0 Å². The fraction of sp³-hybridized carbons (Fsp3) is 0.125. The van der Waals surface area contributed by atoms with E-state index in [0.717, 1.165) is 0 Å². The summed E-state index contributed by atoms with van der Waals surface area (Å²) in [5.41, 5.74) is 0.887. The van der Waals surface area contributed by atoms with Crippen LogP contribution in [0.4, 0.5) is 0 Å². The zero-order chi connectivity index (χ0) is 9.42. The molecule has 0 fully saturated rings. The number of carbonyl (C=O) groups is 1. The first-order valence-electron chi connectivity index (χ1n) is 3.73. The third-order valence-corrected chi connectivity index (χ3v) is 1.82. The second-order valence-corrected chi connectivity index (χ2v) is 2.70. The maximum Gasteiger partial charge on any atom is 0.337 e. The first-order valence-corrected chi connectivity index (χ1v) is 3.73. The third kappa shape index (κ3) is 1.14. The summed E-state index contributed by atoms with van der Waals surface area (Å²) in [5.74, 6) is -0.270. The second kappa shape index (κ2) is 2.55.